The average molecular weight is 316 g/mol. The highest BCUT2D eigenvalue weighted by Gasteiger charge is 2.33. The molecular formula is C13H15BrFNO2. The average Bonchev–Trinajstić information content (AvgIpc) is 2.40. The smallest absolute Gasteiger partial charge is 0.251 e. The van der Waals surface area contributed by atoms with Crippen molar-refractivity contribution >= 4 is 21.8 Å². The van der Waals surface area contributed by atoms with Gasteiger partial charge in [-0.25, -0.2) is 4.39 Å². The van der Waals surface area contributed by atoms with Crippen molar-refractivity contribution in [2.24, 2.45) is 0 Å². The van der Waals surface area contributed by atoms with Crippen molar-refractivity contribution in [3.63, 3.8) is 0 Å². The highest BCUT2D eigenvalue weighted by molar-refractivity contribution is 9.09. The van der Waals surface area contributed by atoms with Crippen LogP contribution in [-0.2, 0) is 4.74 Å². The summed E-state index contributed by atoms with van der Waals surface area (Å²) in [5, 5.41) is 3.66. The predicted octanol–water partition coefficient (Wildman–Crippen LogP) is 2.50. The molecule has 5 heteroatoms. The number of benzene rings is 1. The van der Waals surface area contributed by atoms with E-state index >= 15 is 0 Å². The van der Waals surface area contributed by atoms with Gasteiger partial charge in [-0.15, -0.1) is 0 Å². The predicted molar refractivity (Wildman–Crippen MR) is 70.4 cm³/mol. The Balaban J connectivity index is 2.10. The topological polar surface area (TPSA) is 38.3 Å². The Hall–Kier alpha value is -0.940. The Morgan fingerprint density at radius 3 is 2.78 bits per heavy atom. The van der Waals surface area contributed by atoms with Crippen LogP contribution in [-0.4, -0.2) is 30.0 Å². The summed E-state index contributed by atoms with van der Waals surface area (Å²) in [4.78, 5) is 12.1. The molecule has 98 valence electrons. The van der Waals surface area contributed by atoms with E-state index in [1.807, 2.05) is 0 Å². The number of hydrogen-bond donors (Lipinski definition) is 1. The molecule has 0 saturated carbocycles. The second-order valence-corrected chi connectivity index (χ2v) is 5.05. The van der Waals surface area contributed by atoms with Crippen LogP contribution < -0.4 is 5.32 Å². The van der Waals surface area contributed by atoms with E-state index in [-0.39, 0.29) is 11.4 Å². The first-order chi connectivity index (χ1) is 8.65. The zero-order chi connectivity index (χ0) is 13.0. The minimum Gasteiger partial charge on any atom is -0.381 e. The van der Waals surface area contributed by atoms with Crippen molar-refractivity contribution in [3.05, 3.63) is 35.6 Å². The van der Waals surface area contributed by atoms with Gasteiger partial charge in [-0.05, 0) is 31.0 Å². The van der Waals surface area contributed by atoms with Crippen molar-refractivity contribution in [2.45, 2.75) is 18.4 Å². The number of halogens is 2. The molecule has 1 aromatic rings. The summed E-state index contributed by atoms with van der Waals surface area (Å²) < 4.78 is 18.4. The summed E-state index contributed by atoms with van der Waals surface area (Å²) in [6, 6.07) is 5.72. The van der Waals surface area contributed by atoms with Crippen LogP contribution in [0.2, 0.25) is 0 Å². The lowest BCUT2D eigenvalue weighted by molar-refractivity contribution is 0.0441. The Bertz CT molecular complexity index is 433. The molecule has 18 heavy (non-hydrogen) atoms. The number of rotatable bonds is 3. The summed E-state index contributed by atoms with van der Waals surface area (Å²) in [6.07, 6.45) is 1.53. The summed E-state index contributed by atoms with van der Waals surface area (Å²) in [6.45, 7) is 1.27. The molecule has 0 atom stereocenters. The summed E-state index contributed by atoms with van der Waals surface area (Å²) in [5.41, 5.74) is 0.0589. The van der Waals surface area contributed by atoms with Gasteiger partial charge in [0.15, 0.2) is 0 Å². The molecule has 0 unspecified atom stereocenters. The second kappa shape index (κ2) is 5.80. The van der Waals surface area contributed by atoms with E-state index in [9.17, 15) is 9.18 Å². The molecule has 0 aromatic heterocycles. The van der Waals surface area contributed by atoms with Gasteiger partial charge in [0, 0.05) is 24.1 Å². The minimum atomic E-state index is -0.400. The fraction of sp³-hybridized carbons (Fsp3) is 0.462. The van der Waals surface area contributed by atoms with Crippen molar-refractivity contribution < 1.29 is 13.9 Å². The lowest BCUT2D eigenvalue weighted by Crippen LogP contribution is -2.53. The molecular weight excluding hydrogens is 301 g/mol. The van der Waals surface area contributed by atoms with Crippen molar-refractivity contribution in [1.82, 2.24) is 5.32 Å². The first kappa shape index (κ1) is 13.5. The van der Waals surface area contributed by atoms with Crippen LogP contribution >= 0.6 is 15.9 Å². The maximum Gasteiger partial charge on any atom is 0.251 e. The summed E-state index contributed by atoms with van der Waals surface area (Å²) >= 11 is 3.44. The largest absolute Gasteiger partial charge is 0.381 e. The molecule has 1 amide bonds. The third kappa shape index (κ3) is 3.09. The molecule has 1 heterocycles. The van der Waals surface area contributed by atoms with Crippen LogP contribution in [0.25, 0.3) is 0 Å². The number of amides is 1. The molecule has 1 fully saturated rings. The highest BCUT2D eigenvalue weighted by Crippen LogP contribution is 2.23. The molecule has 3 nitrogen and oxygen atoms in total. The monoisotopic (exact) mass is 315 g/mol. The third-order valence-electron chi connectivity index (χ3n) is 3.17. The van der Waals surface area contributed by atoms with Gasteiger partial charge in [0.1, 0.15) is 5.82 Å². The molecule has 1 aromatic carbocycles. The van der Waals surface area contributed by atoms with E-state index in [2.05, 4.69) is 21.2 Å². The number of carbonyl (C=O) groups is 1. The zero-order valence-corrected chi connectivity index (χ0v) is 11.5. The van der Waals surface area contributed by atoms with Crippen LogP contribution in [0.1, 0.15) is 23.2 Å². The first-order valence-electron chi connectivity index (χ1n) is 5.87. The van der Waals surface area contributed by atoms with Gasteiger partial charge in [0.05, 0.1) is 5.54 Å². The lowest BCUT2D eigenvalue weighted by atomic mass is 9.92. The van der Waals surface area contributed by atoms with Crippen LogP contribution in [0.3, 0.4) is 0 Å². The molecule has 1 saturated heterocycles. The molecule has 1 aliphatic heterocycles. The molecule has 0 bridgehead atoms. The number of alkyl halides is 1. The molecule has 0 radical (unpaired) electrons. The van der Waals surface area contributed by atoms with Gasteiger partial charge in [-0.2, -0.15) is 0 Å². The molecule has 1 aliphatic rings. The number of nitrogens with one attached hydrogen (secondary N) is 1. The first-order valence-corrected chi connectivity index (χ1v) is 6.99. The maximum atomic E-state index is 13.1. The van der Waals surface area contributed by atoms with E-state index in [0.29, 0.717) is 24.1 Å². The molecule has 2 rings (SSSR count). The highest BCUT2D eigenvalue weighted by atomic mass is 79.9. The van der Waals surface area contributed by atoms with Crippen LogP contribution in [0.5, 0.6) is 0 Å². The van der Waals surface area contributed by atoms with Crippen LogP contribution in [0.4, 0.5) is 4.39 Å². The van der Waals surface area contributed by atoms with Gasteiger partial charge in [-0.1, -0.05) is 22.0 Å². The van der Waals surface area contributed by atoms with E-state index in [0.717, 1.165) is 12.8 Å². The summed E-state index contributed by atoms with van der Waals surface area (Å²) in [7, 11) is 0. The van der Waals surface area contributed by atoms with E-state index < -0.39 is 5.82 Å². The number of hydrogen-bond acceptors (Lipinski definition) is 2. The molecule has 1 N–H and O–H groups in total. The Morgan fingerprint density at radius 1 is 1.44 bits per heavy atom. The number of carbonyl (C=O) groups excluding carboxylic acids is 1. The van der Waals surface area contributed by atoms with E-state index in [4.69, 9.17) is 4.74 Å². The Morgan fingerprint density at radius 2 is 2.17 bits per heavy atom. The van der Waals surface area contributed by atoms with Crippen molar-refractivity contribution in [3.8, 4) is 0 Å². The third-order valence-corrected chi connectivity index (χ3v) is 4.24. The zero-order valence-electron chi connectivity index (χ0n) is 9.92. The quantitative estimate of drug-likeness (QED) is 0.870. The minimum absolute atomic E-state index is 0.240. The normalized spacial score (nSPS) is 18.3. The standard InChI is InChI=1S/C13H15BrFNO2/c14-9-13(4-6-18-7-5-13)16-12(17)10-2-1-3-11(15)8-10/h1-3,8H,4-7,9H2,(H,16,17). The summed E-state index contributed by atoms with van der Waals surface area (Å²) in [5.74, 6) is -0.640. The molecule has 0 aliphatic carbocycles. The van der Waals surface area contributed by atoms with Gasteiger partial charge in [0.2, 0.25) is 0 Å². The van der Waals surface area contributed by atoms with Gasteiger partial charge in [-0.3, -0.25) is 4.79 Å². The van der Waals surface area contributed by atoms with Crippen molar-refractivity contribution in [1.29, 1.82) is 0 Å². The van der Waals surface area contributed by atoms with Crippen LogP contribution in [0, 0.1) is 5.82 Å². The fourth-order valence-electron chi connectivity index (χ4n) is 2.00. The maximum absolute atomic E-state index is 13.1. The second-order valence-electron chi connectivity index (χ2n) is 4.49. The number of ether oxygens (including phenoxy) is 1. The van der Waals surface area contributed by atoms with Crippen LogP contribution in [0.15, 0.2) is 24.3 Å². The molecule has 0 spiro atoms. The van der Waals surface area contributed by atoms with Gasteiger partial charge >= 0.3 is 0 Å². The van der Waals surface area contributed by atoms with Crippen molar-refractivity contribution in [2.75, 3.05) is 18.5 Å². The Kier molecular flexibility index (Phi) is 4.35. The van der Waals surface area contributed by atoms with E-state index in [1.54, 1.807) is 6.07 Å². The van der Waals surface area contributed by atoms with Gasteiger partial charge < -0.3 is 10.1 Å². The SMILES string of the molecule is O=C(NC1(CBr)CCOCC1)c1cccc(F)c1. The Labute approximate surface area is 114 Å². The van der Waals surface area contributed by atoms with E-state index in [1.165, 1.54) is 18.2 Å². The fourth-order valence-corrected chi connectivity index (χ4v) is 2.70. The van der Waals surface area contributed by atoms with Gasteiger partial charge in [0.25, 0.3) is 5.91 Å². The lowest BCUT2D eigenvalue weighted by Gasteiger charge is -2.36.